The van der Waals surface area contributed by atoms with E-state index in [0.29, 0.717) is 6.54 Å². The Hall–Kier alpha value is -1.47. The molecule has 140 valence electrons. The molecule has 0 amide bonds. The minimum atomic E-state index is -3.45. The van der Waals surface area contributed by atoms with Gasteiger partial charge in [0.25, 0.3) is 10.2 Å². The third-order valence-corrected chi connectivity index (χ3v) is 6.86. The van der Waals surface area contributed by atoms with Crippen LogP contribution < -0.4 is 0 Å². The van der Waals surface area contributed by atoms with E-state index in [9.17, 15) is 8.42 Å². The van der Waals surface area contributed by atoms with Crippen molar-refractivity contribution in [2.45, 2.75) is 32.2 Å². The summed E-state index contributed by atoms with van der Waals surface area (Å²) in [5.74, 6) is 0. The Labute approximate surface area is 160 Å². The van der Waals surface area contributed by atoms with Crippen LogP contribution in [0.2, 0.25) is 5.02 Å². The molecule has 0 bridgehead atoms. The van der Waals surface area contributed by atoms with Gasteiger partial charge in [-0.3, -0.25) is 4.98 Å². The second-order valence-corrected chi connectivity index (χ2v) is 9.44. The minimum absolute atomic E-state index is 0.203. The van der Waals surface area contributed by atoms with E-state index in [0.717, 1.165) is 46.8 Å². The maximum atomic E-state index is 12.6. The fraction of sp³-hybridized carbons (Fsp3) is 0.421. The van der Waals surface area contributed by atoms with E-state index in [4.69, 9.17) is 11.6 Å². The highest BCUT2D eigenvalue weighted by Gasteiger charge is 2.37. The second kappa shape index (κ2) is 7.64. The number of halogens is 1. The predicted octanol–water partition coefficient (Wildman–Crippen LogP) is 3.58. The molecule has 2 heterocycles. The standard InChI is InChI=1S/C19H24ClN3O2S/c1-14-11-16(12-15-6-8-17(20)9-7-15)13-18(21-14)19-5-4-10-23(19)26(24,25)22(2)3/h6-9,11,13,19H,4-5,10,12H2,1-3H3/t19-/m0/s1. The molecular formula is C19H24ClN3O2S. The average Bonchev–Trinajstić information content (AvgIpc) is 3.07. The average molecular weight is 394 g/mol. The summed E-state index contributed by atoms with van der Waals surface area (Å²) in [5, 5.41) is 0.718. The van der Waals surface area contributed by atoms with Crippen LogP contribution in [0, 0.1) is 6.92 Å². The molecule has 3 rings (SSSR count). The summed E-state index contributed by atoms with van der Waals surface area (Å²) in [7, 11) is -0.312. The van der Waals surface area contributed by atoms with E-state index in [1.807, 2.05) is 37.3 Å². The molecule has 2 aromatic rings. The molecule has 0 unspecified atom stereocenters. The normalized spacial score (nSPS) is 18.6. The van der Waals surface area contributed by atoms with Gasteiger partial charge in [-0.15, -0.1) is 0 Å². The van der Waals surface area contributed by atoms with Gasteiger partial charge in [0.1, 0.15) is 0 Å². The van der Waals surface area contributed by atoms with Crippen LogP contribution in [-0.2, 0) is 16.6 Å². The Balaban J connectivity index is 1.90. The van der Waals surface area contributed by atoms with Gasteiger partial charge in [-0.2, -0.15) is 17.0 Å². The second-order valence-electron chi connectivity index (χ2n) is 6.90. The van der Waals surface area contributed by atoms with Crippen LogP contribution in [0.25, 0.3) is 0 Å². The van der Waals surface area contributed by atoms with Gasteiger partial charge in [-0.25, -0.2) is 0 Å². The van der Waals surface area contributed by atoms with Crippen LogP contribution in [0.1, 0.15) is 41.4 Å². The number of aromatic nitrogens is 1. The van der Waals surface area contributed by atoms with Gasteiger partial charge in [0, 0.05) is 31.4 Å². The zero-order valence-electron chi connectivity index (χ0n) is 15.3. The molecule has 7 heteroatoms. The number of hydrogen-bond donors (Lipinski definition) is 0. The zero-order chi connectivity index (χ0) is 18.9. The van der Waals surface area contributed by atoms with Crippen molar-refractivity contribution >= 4 is 21.8 Å². The molecule has 1 aromatic heterocycles. The SMILES string of the molecule is Cc1cc(Cc2ccc(Cl)cc2)cc([C@@H]2CCCN2S(=O)(=O)N(C)C)n1. The molecule has 26 heavy (non-hydrogen) atoms. The van der Waals surface area contributed by atoms with E-state index in [1.54, 1.807) is 18.4 Å². The summed E-state index contributed by atoms with van der Waals surface area (Å²) in [5.41, 5.74) is 4.02. The third kappa shape index (κ3) is 4.09. The smallest absolute Gasteiger partial charge is 0.256 e. The van der Waals surface area contributed by atoms with Crippen molar-refractivity contribution in [1.29, 1.82) is 0 Å². The zero-order valence-corrected chi connectivity index (χ0v) is 16.9. The molecule has 1 aliphatic rings. The Bertz CT molecular complexity index is 882. The van der Waals surface area contributed by atoms with Gasteiger partial charge < -0.3 is 0 Å². The summed E-state index contributed by atoms with van der Waals surface area (Å²) in [6.07, 6.45) is 2.41. The largest absolute Gasteiger partial charge is 0.282 e. The van der Waals surface area contributed by atoms with Gasteiger partial charge in [-0.05, 0) is 61.6 Å². The molecule has 0 spiro atoms. The number of pyridine rings is 1. The van der Waals surface area contributed by atoms with Crippen LogP contribution in [-0.4, -0.2) is 42.7 Å². The predicted molar refractivity (Wildman–Crippen MR) is 105 cm³/mol. The van der Waals surface area contributed by atoms with Gasteiger partial charge in [0.05, 0.1) is 11.7 Å². The molecule has 0 radical (unpaired) electrons. The number of rotatable bonds is 5. The molecular weight excluding hydrogens is 370 g/mol. The lowest BCUT2D eigenvalue weighted by Crippen LogP contribution is -2.39. The van der Waals surface area contributed by atoms with Gasteiger partial charge in [0.15, 0.2) is 0 Å². The monoisotopic (exact) mass is 393 g/mol. The van der Waals surface area contributed by atoms with Crippen molar-refractivity contribution in [2.24, 2.45) is 0 Å². The van der Waals surface area contributed by atoms with Crippen LogP contribution in [0.5, 0.6) is 0 Å². The highest BCUT2D eigenvalue weighted by atomic mass is 35.5. The third-order valence-electron chi connectivity index (χ3n) is 4.66. The first-order valence-electron chi connectivity index (χ1n) is 8.68. The van der Waals surface area contributed by atoms with Crippen molar-refractivity contribution < 1.29 is 8.42 Å². The molecule has 0 N–H and O–H groups in total. The Morgan fingerprint density at radius 1 is 1.19 bits per heavy atom. The van der Waals surface area contributed by atoms with Crippen molar-refractivity contribution in [1.82, 2.24) is 13.6 Å². The first-order valence-corrected chi connectivity index (χ1v) is 10.5. The molecule has 1 saturated heterocycles. The quantitative estimate of drug-likeness (QED) is 0.780. The van der Waals surface area contributed by atoms with Crippen LogP contribution in [0.3, 0.4) is 0 Å². The lowest BCUT2D eigenvalue weighted by molar-refractivity contribution is 0.357. The lowest BCUT2D eigenvalue weighted by atomic mass is 10.0. The highest BCUT2D eigenvalue weighted by molar-refractivity contribution is 7.86. The lowest BCUT2D eigenvalue weighted by Gasteiger charge is -2.27. The fourth-order valence-electron chi connectivity index (χ4n) is 3.40. The number of aryl methyl sites for hydroxylation is 1. The molecule has 5 nitrogen and oxygen atoms in total. The Morgan fingerprint density at radius 2 is 1.88 bits per heavy atom. The van der Waals surface area contributed by atoms with E-state index < -0.39 is 10.2 Å². The van der Waals surface area contributed by atoms with Gasteiger partial charge >= 0.3 is 0 Å². The summed E-state index contributed by atoms with van der Waals surface area (Å²) in [6, 6.07) is 11.7. The van der Waals surface area contributed by atoms with E-state index in [2.05, 4.69) is 11.1 Å². The van der Waals surface area contributed by atoms with Crippen LogP contribution in [0.4, 0.5) is 0 Å². The summed E-state index contributed by atoms with van der Waals surface area (Å²) in [4.78, 5) is 4.65. The van der Waals surface area contributed by atoms with Crippen molar-refractivity contribution in [3.63, 3.8) is 0 Å². The molecule has 0 aliphatic carbocycles. The van der Waals surface area contributed by atoms with E-state index in [1.165, 1.54) is 4.31 Å². The number of hydrogen-bond acceptors (Lipinski definition) is 3. The maximum Gasteiger partial charge on any atom is 0.282 e. The Kier molecular flexibility index (Phi) is 5.67. The highest BCUT2D eigenvalue weighted by Crippen LogP contribution is 2.34. The van der Waals surface area contributed by atoms with Gasteiger partial charge in [-0.1, -0.05) is 23.7 Å². The molecule has 1 fully saturated rings. The molecule has 1 aliphatic heterocycles. The minimum Gasteiger partial charge on any atom is -0.256 e. The number of benzene rings is 1. The van der Waals surface area contributed by atoms with Crippen LogP contribution >= 0.6 is 11.6 Å². The summed E-state index contributed by atoms with van der Waals surface area (Å²) < 4.78 is 28.1. The number of nitrogens with zero attached hydrogens (tertiary/aromatic N) is 3. The van der Waals surface area contributed by atoms with Crippen molar-refractivity contribution in [3.8, 4) is 0 Å². The van der Waals surface area contributed by atoms with E-state index >= 15 is 0 Å². The molecule has 1 atom stereocenters. The first kappa shape index (κ1) is 19.3. The molecule has 1 aromatic carbocycles. The Morgan fingerprint density at radius 3 is 2.54 bits per heavy atom. The van der Waals surface area contributed by atoms with E-state index in [-0.39, 0.29) is 6.04 Å². The first-order chi connectivity index (χ1) is 12.3. The van der Waals surface area contributed by atoms with Crippen molar-refractivity contribution in [2.75, 3.05) is 20.6 Å². The van der Waals surface area contributed by atoms with Crippen molar-refractivity contribution in [3.05, 3.63) is 63.9 Å². The molecule has 0 saturated carbocycles. The maximum absolute atomic E-state index is 12.6. The summed E-state index contributed by atoms with van der Waals surface area (Å²) >= 11 is 5.96. The topological polar surface area (TPSA) is 53.5 Å². The summed E-state index contributed by atoms with van der Waals surface area (Å²) in [6.45, 7) is 2.49. The van der Waals surface area contributed by atoms with Gasteiger partial charge in [0.2, 0.25) is 0 Å². The van der Waals surface area contributed by atoms with Crippen LogP contribution in [0.15, 0.2) is 36.4 Å². The fourth-order valence-corrected chi connectivity index (χ4v) is 4.84.